The minimum Gasteiger partial charge on any atom is -0.616 e. The Labute approximate surface area is 170 Å². The van der Waals surface area contributed by atoms with Crippen LogP contribution in [-0.2, 0) is 24.5 Å². The Hall–Kier alpha value is -1.32. The van der Waals surface area contributed by atoms with E-state index >= 15 is 0 Å². The van der Waals surface area contributed by atoms with Crippen LogP contribution in [0, 0.1) is 6.92 Å². The van der Waals surface area contributed by atoms with Crippen LogP contribution < -0.4 is 34.7 Å². The molecule has 25 heavy (non-hydrogen) atoms. The Bertz CT molecular complexity index is 961. The predicted molar refractivity (Wildman–Crippen MR) is 88.7 cm³/mol. The molecule has 0 saturated carbocycles. The van der Waals surface area contributed by atoms with Gasteiger partial charge in [0.2, 0.25) is 0 Å². The number of aryl methyl sites for hydroxylation is 1. The summed E-state index contributed by atoms with van der Waals surface area (Å²) in [5.74, 6) is -0.924. The number of benzene rings is 2. The van der Waals surface area contributed by atoms with Gasteiger partial charge in [0.1, 0.15) is 9.73 Å². The van der Waals surface area contributed by atoms with Crippen molar-refractivity contribution in [3.8, 4) is 0 Å². The summed E-state index contributed by atoms with van der Waals surface area (Å²) in [6, 6.07) is 13.7. The van der Waals surface area contributed by atoms with Gasteiger partial charge in [0.05, 0.1) is 15.7 Å². The smallest absolute Gasteiger partial charge is 0.616 e. The molecule has 0 fully saturated rings. The van der Waals surface area contributed by atoms with Gasteiger partial charge in [-0.1, -0.05) is 39.7 Å². The van der Waals surface area contributed by atoms with E-state index in [4.69, 9.17) is 0 Å². The van der Waals surface area contributed by atoms with Gasteiger partial charge in [-0.3, -0.25) is 0 Å². The quantitative estimate of drug-likeness (QED) is 0.484. The Morgan fingerprint density at radius 2 is 1.56 bits per heavy atom. The van der Waals surface area contributed by atoms with Crippen LogP contribution in [0.25, 0.3) is 0 Å². The summed E-state index contributed by atoms with van der Waals surface area (Å²) in [4.78, 5) is 0.00103. The number of methoxy groups -OCH3 is 1. The van der Waals surface area contributed by atoms with E-state index in [1.54, 1.807) is 30.3 Å². The first-order chi connectivity index (χ1) is 11.3. The van der Waals surface area contributed by atoms with E-state index in [9.17, 15) is 17.7 Å². The molecule has 2 aromatic carbocycles. The van der Waals surface area contributed by atoms with Crippen LogP contribution in [0.5, 0.6) is 0 Å². The topological polar surface area (TPSA) is 95.9 Å². The first-order valence-electron chi connectivity index (χ1n) is 6.85. The van der Waals surface area contributed by atoms with Crippen LogP contribution in [0.1, 0.15) is 5.56 Å². The molecule has 0 saturated heterocycles. The zero-order valence-corrected chi connectivity index (χ0v) is 17.7. The molecule has 9 heteroatoms. The van der Waals surface area contributed by atoms with Crippen LogP contribution in [0.15, 0.2) is 79.5 Å². The van der Waals surface area contributed by atoms with Crippen molar-refractivity contribution in [2.45, 2.75) is 16.7 Å². The molecule has 0 aliphatic rings. The third kappa shape index (κ3) is 5.58. The summed E-state index contributed by atoms with van der Waals surface area (Å²) < 4.78 is 46.1. The van der Waals surface area contributed by atoms with Crippen LogP contribution in [0.4, 0.5) is 0 Å². The maximum atomic E-state index is 13.1. The number of hydrogen-bond donors (Lipinski definition) is 0. The summed E-state index contributed by atoms with van der Waals surface area (Å²) >= 11 is 0. The Kier molecular flexibility index (Phi) is 7.70. The Morgan fingerprint density at radius 3 is 2.08 bits per heavy atom. The molecule has 2 aromatic rings. The standard InChI is InChI=1S/C16H17NO5S2.Na/c1-13-8-10-15(11-9-13)24(20,21)17-23(19,12-16(18)22-2)14-6-4-3-5-7-14;/h3-12,18H,1-2H3;/q;+1/p-1/b16-12+;/t23-;/m0./s1. The molecular weight excluding hydrogens is 373 g/mol. The zero-order valence-electron chi connectivity index (χ0n) is 14.1. The predicted octanol–water partition coefficient (Wildman–Crippen LogP) is -0.980. The summed E-state index contributed by atoms with van der Waals surface area (Å²) in [6.45, 7) is 1.81. The summed E-state index contributed by atoms with van der Waals surface area (Å²) in [6.07, 6.45) is 0. The molecule has 0 unspecified atom stereocenters. The van der Waals surface area contributed by atoms with Crippen molar-refractivity contribution in [1.82, 2.24) is 0 Å². The minimum atomic E-state index is -4.23. The van der Waals surface area contributed by atoms with Crippen molar-refractivity contribution in [1.29, 1.82) is 0 Å². The van der Waals surface area contributed by atoms with Crippen molar-refractivity contribution in [3.05, 3.63) is 71.5 Å². The van der Waals surface area contributed by atoms with Gasteiger partial charge in [0, 0.05) is 5.41 Å². The largest absolute Gasteiger partial charge is 1.00 e. The molecule has 0 radical (unpaired) electrons. The summed E-state index contributed by atoms with van der Waals surface area (Å²) in [7, 11) is -6.77. The van der Waals surface area contributed by atoms with Gasteiger partial charge in [-0.15, -0.1) is 0 Å². The third-order valence-corrected chi connectivity index (χ3v) is 7.06. The molecule has 0 amide bonds. The van der Waals surface area contributed by atoms with Crippen molar-refractivity contribution in [2.75, 3.05) is 7.11 Å². The number of rotatable bonds is 5. The van der Waals surface area contributed by atoms with Crippen LogP contribution in [0.3, 0.4) is 0 Å². The monoisotopic (exact) mass is 389 g/mol. The van der Waals surface area contributed by atoms with Crippen molar-refractivity contribution >= 4 is 19.8 Å². The third-order valence-electron chi connectivity index (χ3n) is 3.07. The van der Waals surface area contributed by atoms with Gasteiger partial charge in [-0.25, -0.2) is 4.21 Å². The second kappa shape index (κ2) is 8.86. The van der Waals surface area contributed by atoms with E-state index in [-0.39, 0.29) is 39.3 Å². The van der Waals surface area contributed by atoms with E-state index in [1.807, 2.05) is 6.92 Å². The fourth-order valence-corrected chi connectivity index (χ4v) is 5.37. The first kappa shape index (κ1) is 21.7. The number of hydrogen-bond acceptors (Lipinski definition) is 5. The molecule has 6 nitrogen and oxygen atoms in total. The second-order valence-electron chi connectivity index (χ2n) is 4.89. The zero-order chi connectivity index (χ0) is 17.8. The molecule has 0 aliphatic carbocycles. The van der Waals surface area contributed by atoms with Gasteiger partial charge in [-0.2, -0.15) is 8.42 Å². The van der Waals surface area contributed by atoms with Crippen LogP contribution >= 0.6 is 0 Å². The fourth-order valence-electron chi connectivity index (χ4n) is 1.83. The second-order valence-corrected chi connectivity index (χ2v) is 8.75. The maximum absolute atomic E-state index is 13.1. The van der Waals surface area contributed by atoms with E-state index in [1.165, 1.54) is 24.3 Å². The summed E-state index contributed by atoms with van der Waals surface area (Å²) in [5, 5.41) is 12.2. The molecule has 0 aromatic heterocycles. The Balaban J connectivity index is 0.00000312. The van der Waals surface area contributed by atoms with Gasteiger partial charge in [-0.05, 0) is 38.3 Å². The number of nitrogens with zero attached hydrogens (tertiary/aromatic N) is 1. The number of ether oxygens (including phenoxy) is 1. The van der Waals surface area contributed by atoms with Gasteiger partial charge < -0.3 is 9.84 Å². The van der Waals surface area contributed by atoms with E-state index in [2.05, 4.69) is 8.50 Å². The normalized spacial score (nSPS) is 14.1. The average Bonchev–Trinajstić information content (AvgIpc) is 2.55. The van der Waals surface area contributed by atoms with Gasteiger partial charge >= 0.3 is 29.6 Å². The molecule has 0 N–H and O–H groups in total. The van der Waals surface area contributed by atoms with Gasteiger partial charge in [0.25, 0.3) is 10.0 Å². The molecule has 2 rings (SSSR count). The SMILES string of the molecule is CO/C([O-])=C/[S@@](=O)(=NS(=O)(=O)c1ccc(C)cc1)c1ccccc1.[Na+]. The minimum absolute atomic E-state index is 0. The molecule has 128 valence electrons. The van der Waals surface area contributed by atoms with Crippen molar-refractivity contribution < 1.29 is 52.0 Å². The molecule has 1 atom stereocenters. The summed E-state index contributed by atoms with van der Waals surface area (Å²) in [5.41, 5.74) is 0.874. The van der Waals surface area contributed by atoms with E-state index < -0.39 is 25.7 Å². The average molecular weight is 389 g/mol. The molecule has 0 heterocycles. The van der Waals surface area contributed by atoms with Crippen LogP contribution in [-0.4, -0.2) is 19.7 Å². The molecule has 0 spiro atoms. The molecule has 0 bridgehead atoms. The van der Waals surface area contributed by atoms with E-state index in [0.29, 0.717) is 5.41 Å². The number of sulfonamides is 1. The molecule has 0 aliphatic heterocycles. The van der Waals surface area contributed by atoms with Crippen molar-refractivity contribution in [3.63, 3.8) is 0 Å². The Morgan fingerprint density at radius 1 is 1.00 bits per heavy atom. The fraction of sp³-hybridized carbons (Fsp3) is 0.125. The maximum Gasteiger partial charge on any atom is 1.00 e. The van der Waals surface area contributed by atoms with Crippen LogP contribution in [0.2, 0.25) is 0 Å². The molecular formula is C16H16NNaO5S2. The van der Waals surface area contributed by atoms with Crippen molar-refractivity contribution in [2.24, 2.45) is 3.77 Å². The first-order valence-corrected chi connectivity index (χ1v) is 9.86. The van der Waals surface area contributed by atoms with E-state index in [0.717, 1.165) is 12.7 Å². The van der Waals surface area contributed by atoms with Gasteiger partial charge in [0.15, 0.2) is 0 Å².